The van der Waals surface area contributed by atoms with E-state index in [1.807, 2.05) is 0 Å². The molecule has 0 amide bonds. The molecule has 0 aromatic rings. The van der Waals surface area contributed by atoms with Crippen LogP contribution >= 0.6 is 8.15 Å². The highest BCUT2D eigenvalue weighted by atomic mass is 31.1. The van der Waals surface area contributed by atoms with Gasteiger partial charge in [-0.1, -0.05) is 51.9 Å². The van der Waals surface area contributed by atoms with E-state index in [1.54, 1.807) is 0 Å². The lowest BCUT2D eigenvalue weighted by molar-refractivity contribution is 0.482. The van der Waals surface area contributed by atoms with Crippen molar-refractivity contribution >= 4 is 8.15 Å². The summed E-state index contributed by atoms with van der Waals surface area (Å²) < 4.78 is 0. The molecular weight excluding hydrogens is 203 g/mol. The van der Waals surface area contributed by atoms with Crippen molar-refractivity contribution in [3.8, 4) is 0 Å². The average Bonchev–Trinajstić information content (AvgIpc) is 2.30. The standard InChI is InChI=1S/C13H27OP/c1-2-3-4-5-9-12-15(14)13-10-7-6-8-11-13/h13-14H,2-12H2,1H3. The van der Waals surface area contributed by atoms with Crippen molar-refractivity contribution in [1.82, 2.24) is 0 Å². The lowest BCUT2D eigenvalue weighted by Crippen LogP contribution is -2.11. The molecule has 0 heterocycles. The molecule has 0 aromatic heterocycles. The van der Waals surface area contributed by atoms with Gasteiger partial charge >= 0.3 is 0 Å². The molecule has 1 saturated carbocycles. The second-order valence-electron chi connectivity index (χ2n) is 4.87. The number of rotatable bonds is 7. The van der Waals surface area contributed by atoms with Gasteiger partial charge in [-0.05, 0) is 25.4 Å². The molecule has 0 radical (unpaired) electrons. The van der Waals surface area contributed by atoms with Gasteiger partial charge in [0.2, 0.25) is 0 Å². The van der Waals surface area contributed by atoms with Crippen molar-refractivity contribution < 1.29 is 4.89 Å². The van der Waals surface area contributed by atoms with Gasteiger partial charge in [-0.2, -0.15) is 0 Å². The van der Waals surface area contributed by atoms with Gasteiger partial charge in [0, 0.05) is 13.8 Å². The summed E-state index contributed by atoms with van der Waals surface area (Å²) in [4.78, 5) is 10.1. The van der Waals surface area contributed by atoms with Crippen LogP contribution in [0.25, 0.3) is 0 Å². The normalized spacial score (nSPS) is 20.4. The van der Waals surface area contributed by atoms with E-state index in [4.69, 9.17) is 0 Å². The summed E-state index contributed by atoms with van der Waals surface area (Å²) in [7, 11) is -0.620. The fourth-order valence-corrected chi connectivity index (χ4v) is 4.31. The average molecular weight is 230 g/mol. The minimum absolute atomic E-state index is 0.620. The van der Waals surface area contributed by atoms with Crippen LogP contribution in [0.1, 0.15) is 71.1 Å². The van der Waals surface area contributed by atoms with Crippen molar-refractivity contribution in [3.05, 3.63) is 0 Å². The Kier molecular flexibility index (Phi) is 7.65. The molecule has 1 rings (SSSR count). The number of hydrogen-bond acceptors (Lipinski definition) is 1. The first kappa shape index (κ1) is 13.5. The van der Waals surface area contributed by atoms with Gasteiger partial charge in [-0.25, -0.2) is 0 Å². The predicted octanol–water partition coefficient (Wildman–Crippen LogP) is 4.68. The van der Waals surface area contributed by atoms with E-state index in [-0.39, 0.29) is 0 Å². The van der Waals surface area contributed by atoms with Crippen LogP contribution in [0.15, 0.2) is 0 Å². The summed E-state index contributed by atoms with van der Waals surface area (Å²) in [5, 5.41) is 0. The maximum atomic E-state index is 10.1. The van der Waals surface area contributed by atoms with Crippen LogP contribution in [0.4, 0.5) is 0 Å². The zero-order chi connectivity index (χ0) is 10.9. The molecule has 2 heteroatoms. The van der Waals surface area contributed by atoms with Gasteiger partial charge in [0.25, 0.3) is 0 Å². The summed E-state index contributed by atoms with van der Waals surface area (Å²) in [6.45, 7) is 2.25. The highest BCUT2D eigenvalue weighted by molar-refractivity contribution is 7.52. The molecule has 1 aliphatic rings. The molecule has 1 N–H and O–H groups in total. The van der Waals surface area contributed by atoms with Gasteiger partial charge in [0.1, 0.15) is 0 Å². The fraction of sp³-hybridized carbons (Fsp3) is 1.00. The highest BCUT2D eigenvalue weighted by Gasteiger charge is 2.20. The largest absolute Gasteiger partial charge is 0.374 e. The minimum atomic E-state index is -0.620. The van der Waals surface area contributed by atoms with Crippen LogP contribution < -0.4 is 0 Å². The van der Waals surface area contributed by atoms with Crippen LogP contribution in [-0.4, -0.2) is 16.7 Å². The van der Waals surface area contributed by atoms with E-state index in [2.05, 4.69) is 6.92 Å². The van der Waals surface area contributed by atoms with E-state index in [9.17, 15) is 4.89 Å². The van der Waals surface area contributed by atoms with Crippen LogP contribution in [-0.2, 0) is 0 Å². The zero-order valence-corrected chi connectivity index (χ0v) is 11.1. The fourth-order valence-electron chi connectivity index (χ4n) is 2.44. The Labute approximate surface area is 96.5 Å². The maximum Gasteiger partial charge on any atom is 0.0283 e. The predicted molar refractivity (Wildman–Crippen MR) is 69.6 cm³/mol. The van der Waals surface area contributed by atoms with Crippen LogP contribution in [0.2, 0.25) is 0 Å². The topological polar surface area (TPSA) is 20.2 Å². The summed E-state index contributed by atoms with van der Waals surface area (Å²) in [5.74, 6) is 0. The van der Waals surface area contributed by atoms with E-state index in [0.29, 0.717) is 5.66 Å². The molecule has 1 nitrogen and oxygen atoms in total. The summed E-state index contributed by atoms with van der Waals surface area (Å²) in [6.07, 6.45) is 14.5. The summed E-state index contributed by atoms with van der Waals surface area (Å²) in [6, 6.07) is 0. The highest BCUT2D eigenvalue weighted by Crippen LogP contribution is 2.44. The van der Waals surface area contributed by atoms with Gasteiger partial charge in [-0.3, -0.25) is 0 Å². The minimum Gasteiger partial charge on any atom is -0.374 e. The Hall–Kier alpha value is 0.390. The summed E-state index contributed by atoms with van der Waals surface area (Å²) >= 11 is 0. The lowest BCUT2D eigenvalue weighted by Gasteiger charge is -2.26. The second kappa shape index (κ2) is 8.53. The maximum absolute atomic E-state index is 10.1. The molecule has 1 atom stereocenters. The van der Waals surface area contributed by atoms with Crippen LogP contribution in [0, 0.1) is 0 Å². The van der Waals surface area contributed by atoms with Crippen molar-refractivity contribution in [2.75, 3.05) is 6.16 Å². The number of unbranched alkanes of at least 4 members (excludes halogenated alkanes) is 4. The molecule has 0 saturated heterocycles. The van der Waals surface area contributed by atoms with Crippen molar-refractivity contribution in [3.63, 3.8) is 0 Å². The van der Waals surface area contributed by atoms with E-state index in [0.717, 1.165) is 6.16 Å². The SMILES string of the molecule is CCCCCCCP(O)C1CCCCC1. The Morgan fingerprint density at radius 1 is 1.00 bits per heavy atom. The first-order chi connectivity index (χ1) is 7.34. The Balaban J connectivity index is 1.99. The Morgan fingerprint density at radius 2 is 1.67 bits per heavy atom. The molecule has 0 aromatic carbocycles. The van der Waals surface area contributed by atoms with Gasteiger partial charge in [0.15, 0.2) is 0 Å². The van der Waals surface area contributed by atoms with Gasteiger partial charge in [0.05, 0.1) is 0 Å². The molecule has 15 heavy (non-hydrogen) atoms. The third-order valence-corrected chi connectivity index (χ3v) is 5.62. The van der Waals surface area contributed by atoms with Crippen LogP contribution in [0.3, 0.4) is 0 Å². The molecule has 1 fully saturated rings. The smallest absolute Gasteiger partial charge is 0.0283 e. The second-order valence-corrected chi connectivity index (χ2v) is 6.93. The van der Waals surface area contributed by atoms with Crippen molar-refractivity contribution in [2.45, 2.75) is 76.8 Å². The zero-order valence-electron chi connectivity index (χ0n) is 10.2. The molecule has 0 aliphatic heterocycles. The quantitative estimate of drug-likeness (QED) is 0.497. The molecule has 1 unspecified atom stereocenters. The monoisotopic (exact) mass is 230 g/mol. The molecular formula is C13H27OP. The molecule has 0 bridgehead atoms. The van der Waals surface area contributed by atoms with Gasteiger partial charge < -0.3 is 4.89 Å². The van der Waals surface area contributed by atoms with Crippen LogP contribution in [0.5, 0.6) is 0 Å². The van der Waals surface area contributed by atoms with E-state index >= 15 is 0 Å². The Bertz CT molecular complexity index is 143. The van der Waals surface area contributed by atoms with E-state index in [1.165, 1.54) is 64.2 Å². The first-order valence-electron chi connectivity index (χ1n) is 6.80. The van der Waals surface area contributed by atoms with E-state index < -0.39 is 8.15 Å². The molecule has 90 valence electrons. The van der Waals surface area contributed by atoms with Crippen molar-refractivity contribution in [1.29, 1.82) is 0 Å². The third kappa shape index (κ3) is 5.88. The third-order valence-electron chi connectivity index (χ3n) is 3.49. The molecule has 1 aliphatic carbocycles. The van der Waals surface area contributed by atoms with Gasteiger partial charge in [-0.15, -0.1) is 0 Å². The molecule has 0 spiro atoms. The summed E-state index contributed by atoms with van der Waals surface area (Å²) in [5.41, 5.74) is 0.694. The Morgan fingerprint density at radius 3 is 2.33 bits per heavy atom. The van der Waals surface area contributed by atoms with Crippen molar-refractivity contribution in [2.24, 2.45) is 0 Å². The first-order valence-corrected chi connectivity index (χ1v) is 8.35. The number of hydrogen-bond donors (Lipinski definition) is 1. The lowest BCUT2D eigenvalue weighted by atomic mass is 10.0.